The van der Waals surface area contributed by atoms with E-state index in [1.54, 1.807) is 12.1 Å². The molecule has 1 aromatic carbocycles. The molecule has 0 amide bonds. The van der Waals surface area contributed by atoms with Gasteiger partial charge in [-0.25, -0.2) is 9.02 Å². The van der Waals surface area contributed by atoms with E-state index >= 15 is 0 Å². The molecule has 1 heterocycles. The van der Waals surface area contributed by atoms with Crippen LogP contribution in [0.5, 0.6) is 0 Å². The molecule has 7 heteroatoms. The molecule has 0 aliphatic heterocycles. The summed E-state index contributed by atoms with van der Waals surface area (Å²) in [6, 6.07) is 6.19. The Hall–Kier alpha value is -2.44. The van der Waals surface area contributed by atoms with Crippen molar-refractivity contribution in [2.45, 2.75) is 31.2 Å². The summed E-state index contributed by atoms with van der Waals surface area (Å²) < 4.78 is 17.5. The molecule has 0 bridgehead atoms. The van der Waals surface area contributed by atoms with Crippen LogP contribution in [0.25, 0.3) is 0 Å². The van der Waals surface area contributed by atoms with E-state index in [-0.39, 0.29) is 29.4 Å². The average Bonchev–Trinajstić information content (AvgIpc) is 2.84. The molecule has 1 fully saturated rings. The van der Waals surface area contributed by atoms with Crippen molar-refractivity contribution in [1.29, 1.82) is 0 Å². The molecule has 3 N–H and O–H groups in total. The molecule has 1 saturated carbocycles. The van der Waals surface area contributed by atoms with Crippen LogP contribution in [-0.4, -0.2) is 22.1 Å². The fourth-order valence-electron chi connectivity index (χ4n) is 2.73. The number of hydrogen-bond donors (Lipinski definition) is 2. The first-order valence-corrected chi connectivity index (χ1v) is 6.73. The Labute approximate surface area is 120 Å². The molecule has 0 saturated heterocycles. The molecular weight excluding hydrogens is 275 g/mol. The zero-order chi connectivity index (χ0) is 14.8. The van der Waals surface area contributed by atoms with E-state index in [1.165, 1.54) is 12.1 Å². The number of hydrogen-bond acceptors (Lipinski definition) is 6. The van der Waals surface area contributed by atoms with Gasteiger partial charge in [0.05, 0.1) is 0 Å². The van der Waals surface area contributed by atoms with Crippen LogP contribution >= 0.6 is 0 Å². The van der Waals surface area contributed by atoms with E-state index in [4.69, 9.17) is 5.73 Å². The number of aromatic nitrogens is 2. The molecule has 21 heavy (non-hydrogen) atoms. The van der Waals surface area contributed by atoms with Crippen molar-refractivity contribution in [1.82, 2.24) is 10.3 Å². The van der Waals surface area contributed by atoms with Crippen LogP contribution in [0.2, 0.25) is 0 Å². The number of anilines is 2. The molecule has 0 spiro atoms. The third-order valence-corrected chi connectivity index (χ3v) is 3.71. The van der Waals surface area contributed by atoms with Gasteiger partial charge in [-0.05, 0) is 40.3 Å². The van der Waals surface area contributed by atoms with Gasteiger partial charge < -0.3 is 11.1 Å². The smallest absolute Gasteiger partial charge is 0.215 e. The van der Waals surface area contributed by atoms with Gasteiger partial charge in [0.25, 0.3) is 0 Å². The van der Waals surface area contributed by atoms with Gasteiger partial charge in [-0.3, -0.25) is 4.79 Å². The third-order valence-electron chi connectivity index (χ3n) is 3.71. The highest BCUT2D eigenvalue weighted by molar-refractivity contribution is 5.81. The Bertz CT molecular complexity index is 641. The number of halogens is 1. The van der Waals surface area contributed by atoms with Crippen molar-refractivity contribution in [3.63, 3.8) is 0 Å². The molecule has 2 atom stereocenters. The number of ketones is 1. The fourth-order valence-corrected chi connectivity index (χ4v) is 2.73. The Morgan fingerprint density at radius 3 is 2.67 bits per heavy atom. The van der Waals surface area contributed by atoms with E-state index in [1.807, 2.05) is 0 Å². The average molecular weight is 290 g/mol. The quantitative estimate of drug-likeness (QED) is 0.899. The summed E-state index contributed by atoms with van der Waals surface area (Å²) >= 11 is 0. The van der Waals surface area contributed by atoms with Gasteiger partial charge in [0.2, 0.25) is 11.6 Å². The molecule has 1 aromatic heterocycles. The zero-order valence-corrected chi connectivity index (χ0v) is 11.3. The van der Waals surface area contributed by atoms with Crippen molar-refractivity contribution < 1.29 is 13.8 Å². The van der Waals surface area contributed by atoms with Crippen molar-refractivity contribution in [3.8, 4) is 0 Å². The largest absolute Gasteiger partial charge is 0.378 e. The minimum Gasteiger partial charge on any atom is -0.378 e. The van der Waals surface area contributed by atoms with Crippen LogP contribution < -0.4 is 11.1 Å². The van der Waals surface area contributed by atoms with Crippen LogP contribution in [0.15, 0.2) is 28.9 Å². The minimum atomic E-state index is -0.281. The van der Waals surface area contributed by atoms with E-state index in [0.29, 0.717) is 18.7 Å². The van der Waals surface area contributed by atoms with Crippen molar-refractivity contribution in [3.05, 3.63) is 35.6 Å². The topological polar surface area (TPSA) is 94.0 Å². The minimum absolute atomic E-state index is 0.0606. The number of benzene rings is 1. The van der Waals surface area contributed by atoms with E-state index in [2.05, 4.69) is 20.3 Å². The van der Waals surface area contributed by atoms with Gasteiger partial charge in [0, 0.05) is 18.9 Å². The second-order valence-corrected chi connectivity index (χ2v) is 5.27. The fraction of sp³-hybridized carbons (Fsp3) is 0.357. The lowest BCUT2D eigenvalue weighted by Crippen LogP contribution is -2.31. The van der Waals surface area contributed by atoms with Crippen molar-refractivity contribution in [2.24, 2.45) is 0 Å². The summed E-state index contributed by atoms with van der Waals surface area (Å²) in [5.74, 6) is 0.462. The van der Waals surface area contributed by atoms with Gasteiger partial charge in [0.1, 0.15) is 11.6 Å². The highest BCUT2D eigenvalue weighted by atomic mass is 19.1. The number of nitrogens with zero attached hydrogens (tertiary/aromatic N) is 2. The second kappa shape index (κ2) is 5.51. The van der Waals surface area contributed by atoms with Crippen LogP contribution in [0.4, 0.5) is 16.0 Å². The van der Waals surface area contributed by atoms with Crippen LogP contribution in [0.3, 0.4) is 0 Å². The Morgan fingerprint density at radius 2 is 2.00 bits per heavy atom. The molecule has 2 aromatic rings. The summed E-state index contributed by atoms with van der Waals surface area (Å²) in [5, 5.41) is 10.2. The third kappa shape index (κ3) is 3.01. The Balaban J connectivity index is 1.74. The maximum Gasteiger partial charge on any atom is 0.215 e. The number of nitrogen functional groups attached to an aromatic ring is 1. The molecule has 6 nitrogen and oxygen atoms in total. The highest BCUT2D eigenvalue weighted by Gasteiger charge is 2.29. The van der Waals surface area contributed by atoms with Crippen LogP contribution in [0, 0.1) is 5.82 Å². The summed E-state index contributed by atoms with van der Waals surface area (Å²) in [4.78, 5) is 11.9. The zero-order valence-electron chi connectivity index (χ0n) is 11.3. The van der Waals surface area contributed by atoms with Gasteiger partial charge in [-0.15, -0.1) is 0 Å². The summed E-state index contributed by atoms with van der Waals surface area (Å²) in [6.07, 6.45) is 1.62. The lowest BCUT2D eigenvalue weighted by atomic mass is 9.80. The number of rotatable bonds is 3. The lowest BCUT2D eigenvalue weighted by Gasteiger charge is -2.29. The second-order valence-electron chi connectivity index (χ2n) is 5.27. The maximum atomic E-state index is 13.0. The standard InChI is InChI=1S/C14H15FN4O2/c15-10-3-1-8(2-4-10)9-5-11(7-12(20)6-9)17-14-13(16)18-21-19-14/h1-4,9,11H,5-7H2,(H2,16,18)(H,17,19)/t9-,11-/m0/s1. The molecule has 1 aliphatic carbocycles. The van der Waals surface area contributed by atoms with E-state index in [0.717, 1.165) is 12.0 Å². The molecule has 0 unspecified atom stereocenters. The predicted molar refractivity (Wildman–Crippen MR) is 74.1 cm³/mol. The number of Topliss-reactive ketones (excluding diaryl/α,β-unsaturated/α-hetero) is 1. The lowest BCUT2D eigenvalue weighted by molar-refractivity contribution is -0.120. The van der Waals surface area contributed by atoms with Crippen molar-refractivity contribution in [2.75, 3.05) is 11.1 Å². The first-order valence-electron chi connectivity index (χ1n) is 6.73. The van der Waals surface area contributed by atoms with Gasteiger partial charge in [-0.2, -0.15) is 0 Å². The molecule has 1 aliphatic rings. The number of nitrogens with one attached hydrogen (secondary N) is 1. The highest BCUT2D eigenvalue weighted by Crippen LogP contribution is 2.33. The monoisotopic (exact) mass is 290 g/mol. The van der Waals surface area contributed by atoms with Gasteiger partial charge in [-0.1, -0.05) is 12.1 Å². The van der Waals surface area contributed by atoms with E-state index < -0.39 is 0 Å². The predicted octanol–water partition coefficient (Wildman–Crippen LogP) is 2.11. The van der Waals surface area contributed by atoms with Gasteiger partial charge >= 0.3 is 0 Å². The maximum absolute atomic E-state index is 13.0. The summed E-state index contributed by atoms with van der Waals surface area (Å²) in [7, 11) is 0. The number of nitrogens with two attached hydrogens (primary N) is 1. The van der Waals surface area contributed by atoms with Crippen LogP contribution in [-0.2, 0) is 4.79 Å². The molecule has 3 rings (SSSR count). The SMILES string of the molecule is Nc1nonc1N[C@@H]1CC(=O)C[C@@H](c2ccc(F)cc2)C1. The molecular formula is C14H15FN4O2. The number of carbonyl (C=O) groups excluding carboxylic acids is 1. The Morgan fingerprint density at radius 1 is 1.24 bits per heavy atom. The van der Waals surface area contributed by atoms with Crippen molar-refractivity contribution >= 4 is 17.4 Å². The molecule has 0 radical (unpaired) electrons. The Kier molecular flexibility index (Phi) is 3.55. The normalized spacial score (nSPS) is 22.2. The summed E-state index contributed by atoms with van der Waals surface area (Å²) in [5.41, 5.74) is 6.56. The first-order chi connectivity index (χ1) is 10.1. The van der Waals surface area contributed by atoms with Crippen LogP contribution in [0.1, 0.15) is 30.7 Å². The summed E-state index contributed by atoms with van der Waals surface area (Å²) in [6.45, 7) is 0. The van der Waals surface area contributed by atoms with Gasteiger partial charge in [0.15, 0.2) is 0 Å². The molecule has 110 valence electrons. The first kappa shape index (κ1) is 13.5. The number of carbonyl (C=O) groups is 1. The van der Waals surface area contributed by atoms with E-state index in [9.17, 15) is 9.18 Å².